The van der Waals surface area contributed by atoms with Crippen molar-refractivity contribution in [2.24, 2.45) is 0 Å². The van der Waals surface area contributed by atoms with Gasteiger partial charge >= 0.3 is 0 Å². The number of aromatic nitrogens is 1. The van der Waals surface area contributed by atoms with Crippen molar-refractivity contribution in [1.29, 1.82) is 0 Å². The van der Waals surface area contributed by atoms with Crippen LogP contribution in [0.25, 0.3) is 10.2 Å². The molecule has 10 heteroatoms. The Bertz CT molecular complexity index is 1080. The van der Waals surface area contributed by atoms with Crippen LogP contribution in [0.15, 0.2) is 54.6 Å². The number of carboxylic acid groups (broad SMARTS) is 2. The number of thiazole rings is 1. The maximum atomic E-state index is 9.41. The smallest absolute Gasteiger partial charge is 0.186 e. The van der Waals surface area contributed by atoms with Crippen LogP contribution < -0.4 is 19.8 Å². The Balaban J connectivity index is 0.000000414. The molecular formula is C23H24ClN3O5S-2. The number of carbonyl (C=O) groups excluding carboxylic acids is 2. The molecular weight excluding hydrogens is 466 g/mol. The van der Waals surface area contributed by atoms with Gasteiger partial charge in [-0.05, 0) is 62.1 Å². The number of ether oxygens (including phenoxy) is 1. The van der Waals surface area contributed by atoms with Gasteiger partial charge in [0.1, 0.15) is 5.75 Å². The lowest BCUT2D eigenvalue weighted by atomic mass is 10.2. The molecule has 1 heterocycles. The highest BCUT2D eigenvalue weighted by Crippen LogP contribution is 2.31. The van der Waals surface area contributed by atoms with Crippen LogP contribution in [0.2, 0.25) is 5.02 Å². The van der Waals surface area contributed by atoms with Gasteiger partial charge < -0.3 is 34.3 Å². The molecule has 1 aromatic heterocycles. The predicted octanol–water partition coefficient (Wildman–Crippen LogP) is 1.57. The monoisotopic (exact) mass is 489 g/mol. The average molecular weight is 490 g/mol. The second-order valence-electron chi connectivity index (χ2n) is 7.15. The van der Waals surface area contributed by atoms with Gasteiger partial charge in [-0.1, -0.05) is 35.1 Å². The van der Waals surface area contributed by atoms with Crippen molar-refractivity contribution in [3.05, 3.63) is 65.2 Å². The minimum Gasteiger partial charge on any atom is -0.545 e. The van der Waals surface area contributed by atoms with Gasteiger partial charge in [0.2, 0.25) is 0 Å². The molecule has 0 atom stereocenters. The van der Waals surface area contributed by atoms with Gasteiger partial charge in [0.15, 0.2) is 5.13 Å². The van der Waals surface area contributed by atoms with Gasteiger partial charge in [0, 0.05) is 24.7 Å². The summed E-state index contributed by atoms with van der Waals surface area (Å²) in [5, 5.41) is 20.6. The summed E-state index contributed by atoms with van der Waals surface area (Å²) in [6.07, 6.45) is 0.769. The molecule has 0 spiro atoms. The quantitative estimate of drug-likeness (QED) is 0.417. The first-order valence-corrected chi connectivity index (χ1v) is 11.1. The highest BCUT2D eigenvalue weighted by molar-refractivity contribution is 7.22. The summed E-state index contributed by atoms with van der Waals surface area (Å²) in [5.41, 5.74) is 2.23. The molecule has 176 valence electrons. The summed E-state index contributed by atoms with van der Waals surface area (Å²) < 4.78 is 6.36. The zero-order valence-electron chi connectivity index (χ0n) is 18.5. The summed E-state index contributed by atoms with van der Waals surface area (Å²) >= 11 is 7.80. The zero-order valence-corrected chi connectivity index (χ0v) is 20.1. The van der Waals surface area contributed by atoms with Crippen molar-refractivity contribution in [3.63, 3.8) is 0 Å². The first-order chi connectivity index (χ1) is 15.7. The summed E-state index contributed by atoms with van der Waals surface area (Å²) in [7, 11) is 5.86. The van der Waals surface area contributed by atoms with E-state index in [1.54, 1.807) is 18.4 Å². The van der Waals surface area contributed by atoms with E-state index in [0.717, 1.165) is 45.8 Å². The second-order valence-corrected chi connectivity index (χ2v) is 8.60. The van der Waals surface area contributed by atoms with Crippen molar-refractivity contribution in [1.82, 2.24) is 9.88 Å². The Kier molecular flexibility index (Phi) is 10.1. The molecule has 3 rings (SSSR count). The summed E-state index contributed by atoms with van der Waals surface area (Å²) in [4.78, 5) is 28.1. The number of halogens is 1. The molecule has 3 aromatic rings. The molecule has 0 fully saturated rings. The molecule has 8 nitrogen and oxygen atoms in total. The molecule has 0 saturated heterocycles. The van der Waals surface area contributed by atoms with Crippen LogP contribution in [0.3, 0.4) is 0 Å². The third-order valence-corrected chi connectivity index (χ3v) is 5.63. The normalized spacial score (nSPS) is 10.8. The van der Waals surface area contributed by atoms with Crippen LogP contribution >= 0.6 is 22.9 Å². The highest BCUT2D eigenvalue weighted by Gasteiger charge is 2.14. The lowest BCUT2D eigenvalue weighted by Crippen LogP contribution is -2.31. The second kappa shape index (κ2) is 12.8. The lowest BCUT2D eigenvalue weighted by Gasteiger charge is -2.24. The van der Waals surface area contributed by atoms with Gasteiger partial charge in [0.25, 0.3) is 0 Å². The van der Waals surface area contributed by atoms with Crippen LogP contribution in [0.5, 0.6) is 5.75 Å². The van der Waals surface area contributed by atoms with E-state index in [4.69, 9.17) is 21.3 Å². The Labute approximate surface area is 201 Å². The summed E-state index contributed by atoms with van der Waals surface area (Å²) in [5.74, 6) is -2.22. The average Bonchev–Trinajstić information content (AvgIpc) is 3.19. The molecule has 2 aromatic carbocycles. The van der Waals surface area contributed by atoms with Gasteiger partial charge in [-0.2, -0.15) is 0 Å². The van der Waals surface area contributed by atoms with E-state index in [0.29, 0.717) is 12.2 Å². The fourth-order valence-electron chi connectivity index (χ4n) is 2.67. The Morgan fingerprint density at radius 3 is 2.24 bits per heavy atom. The molecule has 0 radical (unpaired) electrons. The first kappa shape index (κ1) is 26.1. The van der Waals surface area contributed by atoms with Crippen molar-refractivity contribution in [2.75, 3.05) is 39.2 Å². The van der Waals surface area contributed by atoms with E-state index in [-0.39, 0.29) is 0 Å². The van der Waals surface area contributed by atoms with Gasteiger partial charge in [0.05, 0.1) is 29.3 Å². The minimum atomic E-state index is -1.55. The number of hydrogen-bond donors (Lipinski definition) is 0. The number of methoxy groups -OCH3 is 1. The number of nitrogens with zero attached hydrogens (tertiary/aromatic N) is 3. The Morgan fingerprint density at radius 2 is 1.70 bits per heavy atom. The molecule has 0 bridgehead atoms. The third-order valence-electron chi connectivity index (χ3n) is 4.31. The Hall–Kier alpha value is -3.14. The maximum absolute atomic E-state index is 9.41. The van der Waals surface area contributed by atoms with Gasteiger partial charge in [-0.3, -0.25) is 0 Å². The van der Waals surface area contributed by atoms with E-state index in [1.807, 2.05) is 30.3 Å². The third kappa shape index (κ3) is 9.09. The molecule has 0 amide bonds. The van der Waals surface area contributed by atoms with Crippen LogP contribution in [0, 0.1) is 0 Å². The molecule has 0 aliphatic heterocycles. The van der Waals surface area contributed by atoms with Crippen molar-refractivity contribution in [3.8, 4) is 5.75 Å². The van der Waals surface area contributed by atoms with E-state index >= 15 is 0 Å². The largest absolute Gasteiger partial charge is 0.545 e. The summed E-state index contributed by atoms with van der Waals surface area (Å²) in [6, 6.07) is 14.1. The molecule has 0 saturated carbocycles. The van der Waals surface area contributed by atoms with Crippen molar-refractivity contribution in [2.45, 2.75) is 6.54 Å². The predicted molar refractivity (Wildman–Crippen MR) is 126 cm³/mol. The first-order valence-electron chi connectivity index (χ1n) is 9.86. The number of fused-ring (bicyclic) bond motifs is 1. The standard InChI is InChI=1S/C19H22ClN3OS.C4H4O4/c1-22(2)10-11-23(13-14-4-7-16(24-3)8-5-14)19-21-17-9-6-15(20)12-18(17)25-19;5-3(6)1-2-4(7)8/h4-9,12H,10-11,13H2,1-3H3;1-2H,(H,5,6)(H,7,8)/p-2/b;2-1+. The number of rotatable bonds is 9. The van der Waals surface area contributed by atoms with E-state index in [1.165, 1.54) is 5.56 Å². The number of hydrogen-bond acceptors (Lipinski definition) is 9. The van der Waals surface area contributed by atoms with Crippen LogP contribution in [-0.4, -0.2) is 56.1 Å². The minimum absolute atomic E-state index is 0.384. The van der Waals surface area contributed by atoms with Gasteiger partial charge in [-0.25, -0.2) is 4.98 Å². The highest BCUT2D eigenvalue weighted by atomic mass is 35.5. The van der Waals surface area contributed by atoms with Crippen LogP contribution in [-0.2, 0) is 16.1 Å². The molecule has 33 heavy (non-hydrogen) atoms. The Morgan fingerprint density at radius 1 is 1.06 bits per heavy atom. The van der Waals surface area contributed by atoms with Crippen LogP contribution in [0.4, 0.5) is 5.13 Å². The molecule has 0 N–H and O–H groups in total. The number of aliphatic carboxylic acids is 2. The topological polar surface area (TPSA) is 109 Å². The van der Waals surface area contributed by atoms with Crippen molar-refractivity contribution >= 4 is 50.2 Å². The van der Waals surface area contributed by atoms with Crippen molar-refractivity contribution < 1.29 is 24.5 Å². The number of likely N-dealkylation sites (N-methyl/N-ethyl adjacent to an activating group) is 1. The zero-order chi connectivity index (χ0) is 24.4. The molecule has 0 aliphatic rings. The molecule has 0 unspecified atom stereocenters. The summed E-state index contributed by atoms with van der Waals surface area (Å²) in [6.45, 7) is 2.69. The number of carboxylic acids is 2. The fraction of sp³-hybridized carbons (Fsp3) is 0.261. The molecule has 0 aliphatic carbocycles. The van der Waals surface area contributed by atoms with Gasteiger partial charge in [-0.15, -0.1) is 0 Å². The number of anilines is 1. The lowest BCUT2D eigenvalue weighted by molar-refractivity contribution is -0.301. The SMILES string of the molecule is COc1ccc(CN(CCN(C)C)c2nc3ccc(Cl)cc3s2)cc1.O=C([O-])/C=C/C(=O)[O-]. The van der Waals surface area contributed by atoms with E-state index < -0.39 is 11.9 Å². The number of carbonyl (C=O) groups is 2. The maximum Gasteiger partial charge on any atom is 0.186 e. The van der Waals surface area contributed by atoms with E-state index in [2.05, 4.69) is 36.0 Å². The number of benzene rings is 2. The fourth-order valence-corrected chi connectivity index (χ4v) is 3.94. The van der Waals surface area contributed by atoms with E-state index in [9.17, 15) is 19.8 Å². The van der Waals surface area contributed by atoms with Crippen LogP contribution in [0.1, 0.15) is 5.56 Å².